The van der Waals surface area contributed by atoms with Crippen molar-refractivity contribution in [2.24, 2.45) is 0 Å². The number of nitrogens with one attached hydrogen (secondary N) is 1. The normalized spacial score (nSPS) is 21.5. The molecule has 0 saturated carbocycles. The number of fused-ring (bicyclic) bond motifs is 1. The molecule has 3 heterocycles. The molecule has 168 valence electrons. The van der Waals surface area contributed by atoms with Crippen LogP contribution in [0.3, 0.4) is 0 Å². The lowest BCUT2D eigenvalue weighted by Crippen LogP contribution is -2.42. The Hall–Kier alpha value is -3.18. The predicted octanol–water partition coefficient (Wildman–Crippen LogP) is 6.20. The molecule has 0 spiro atoms. The highest BCUT2D eigenvalue weighted by atomic mass is 32.1. The van der Waals surface area contributed by atoms with Gasteiger partial charge in [0.05, 0.1) is 23.3 Å². The van der Waals surface area contributed by atoms with Crippen molar-refractivity contribution in [1.29, 1.82) is 0 Å². The average molecular weight is 455 g/mol. The van der Waals surface area contributed by atoms with Gasteiger partial charge in [0, 0.05) is 30.2 Å². The van der Waals surface area contributed by atoms with Gasteiger partial charge in [-0.05, 0) is 87.4 Å². The third-order valence-electron chi connectivity index (χ3n) is 6.99. The van der Waals surface area contributed by atoms with E-state index in [9.17, 15) is 0 Å². The van der Waals surface area contributed by atoms with Crippen LogP contribution in [0.4, 0.5) is 11.4 Å². The summed E-state index contributed by atoms with van der Waals surface area (Å²) in [6.07, 6.45) is 4.20. The topological polar surface area (TPSA) is 31.4 Å². The quantitative estimate of drug-likeness (QED) is 0.476. The summed E-state index contributed by atoms with van der Waals surface area (Å²) in [4.78, 5) is 9.27. The lowest BCUT2D eigenvalue weighted by molar-refractivity contribution is 0.566. The summed E-state index contributed by atoms with van der Waals surface area (Å²) in [7, 11) is 2.17. The fraction of sp³-hybridized carbons (Fsp3) is 0.286. The summed E-state index contributed by atoms with van der Waals surface area (Å²) in [5, 5.41) is 4.29. The largest absolute Gasteiger partial charge is 0.366 e. The Balaban J connectivity index is 1.65. The van der Waals surface area contributed by atoms with Crippen LogP contribution in [0.2, 0.25) is 0 Å². The van der Waals surface area contributed by atoms with Gasteiger partial charge in [0.25, 0.3) is 0 Å². The molecule has 1 fully saturated rings. The second-order valence-corrected chi connectivity index (χ2v) is 10.0. The minimum Gasteiger partial charge on any atom is -0.366 e. The maximum atomic E-state index is 5.87. The molecule has 2 atom stereocenters. The molecule has 1 N–H and O–H groups in total. The Morgan fingerprint density at radius 3 is 2.45 bits per heavy atom. The maximum Gasteiger partial charge on any atom is 0.174 e. The molecular weight excluding hydrogens is 424 g/mol. The first kappa shape index (κ1) is 21.7. The Morgan fingerprint density at radius 1 is 1.00 bits per heavy atom. The molecule has 0 unspecified atom stereocenters. The number of likely N-dealkylation sites (N-methyl/N-ethyl adjacent to an activating group) is 1. The number of nitrogens with zero attached hydrogens (tertiary/aromatic N) is 3. The summed E-state index contributed by atoms with van der Waals surface area (Å²) in [5.41, 5.74) is 8.35. The van der Waals surface area contributed by atoms with Crippen LogP contribution in [0.1, 0.15) is 55.2 Å². The average Bonchev–Trinajstić information content (AvgIpc) is 3.15. The second-order valence-electron chi connectivity index (χ2n) is 9.65. The van der Waals surface area contributed by atoms with Crippen LogP contribution in [0.15, 0.2) is 72.9 Å². The van der Waals surface area contributed by atoms with Crippen molar-refractivity contribution in [1.82, 2.24) is 10.3 Å². The van der Waals surface area contributed by atoms with E-state index in [0.29, 0.717) is 0 Å². The monoisotopic (exact) mass is 454 g/mol. The molecule has 2 aliphatic heterocycles. The molecular formula is C28H30N4S. The van der Waals surface area contributed by atoms with Crippen molar-refractivity contribution in [3.63, 3.8) is 0 Å². The highest BCUT2D eigenvalue weighted by Gasteiger charge is 2.41. The Morgan fingerprint density at radius 2 is 1.76 bits per heavy atom. The molecule has 5 heteroatoms. The molecule has 33 heavy (non-hydrogen) atoms. The van der Waals surface area contributed by atoms with Crippen LogP contribution in [-0.4, -0.2) is 22.7 Å². The summed E-state index contributed by atoms with van der Waals surface area (Å²) >= 11 is 5.87. The van der Waals surface area contributed by atoms with Gasteiger partial charge in [-0.15, -0.1) is 0 Å². The summed E-state index contributed by atoms with van der Waals surface area (Å²) < 4.78 is 0. The van der Waals surface area contributed by atoms with E-state index in [1.165, 1.54) is 28.0 Å². The van der Waals surface area contributed by atoms with Crippen molar-refractivity contribution in [3.05, 3.63) is 95.3 Å². The van der Waals surface area contributed by atoms with Crippen molar-refractivity contribution >= 4 is 34.3 Å². The number of pyridine rings is 1. The van der Waals surface area contributed by atoms with E-state index in [1.54, 1.807) is 0 Å². The fourth-order valence-electron chi connectivity index (χ4n) is 5.04. The molecule has 0 aliphatic carbocycles. The molecule has 0 bridgehead atoms. The minimum absolute atomic E-state index is 0.00607. The molecule has 0 amide bonds. The van der Waals surface area contributed by atoms with Crippen molar-refractivity contribution in [2.45, 2.75) is 45.3 Å². The molecule has 1 saturated heterocycles. The van der Waals surface area contributed by atoms with Crippen LogP contribution < -0.4 is 15.1 Å². The lowest BCUT2D eigenvalue weighted by atomic mass is 9.86. The van der Waals surface area contributed by atoms with Gasteiger partial charge >= 0.3 is 0 Å². The second kappa shape index (κ2) is 7.99. The number of hydrogen-bond donors (Lipinski definition) is 1. The van der Waals surface area contributed by atoms with Gasteiger partial charge in [0.1, 0.15) is 0 Å². The van der Waals surface area contributed by atoms with E-state index in [-0.39, 0.29) is 17.6 Å². The first-order valence-corrected chi connectivity index (χ1v) is 11.8. The maximum absolute atomic E-state index is 5.87. The Labute approximate surface area is 202 Å². The number of rotatable bonds is 3. The highest BCUT2D eigenvalue weighted by Crippen LogP contribution is 2.45. The standard InChI is InChI=1S/C28H30N4S/c1-18-9-12-21(13-10-18)32-26(25(30-27(32)33)23-8-6-7-15-29-23)20-11-14-24-22(16-20)19(2)17-28(3,4)31(24)5/h6-17,25-26H,1-5H3,(H,30,33)/t25-,26-/m1/s1. The van der Waals surface area contributed by atoms with Crippen LogP contribution in [-0.2, 0) is 0 Å². The summed E-state index contributed by atoms with van der Waals surface area (Å²) in [6, 6.07) is 21.4. The van der Waals surface area contributed by atoms with E-state index in [0.717, 1.165) is 16.5 Å². The van der Waals surface area contributed by atoms with E-state index in [1.807, 2.05) is 18.3 Å². The van der Waals surface area contributed by atoms with Gasteiger partial charge in [0.15, 0.2) is 5.11 Å². The molecule has 0 radical (unpaired) electrons. The Bertz CT molecular complexity index is 1230. The van der Waals surface area contributed by atoms with Crippen LogP contribution in [0.5, 0.6) is 0 Å². The van der Waals surface area contributed by atoms with Gasteiger partial charge in [-0.1, -0.05) is 35.9 Å². The number of hydrogen-bond acceptors (Lipinski definition) is 3. The first-order valence-electron chi connectivity index (χ1n) is 11.4. The van der Waals surface area contributed by atoms with Gasteiger partial charge in [-0.3, -0.25) is 4.98 Å². The van der Waals surface area contributed by atoms with Crippen molar-refractivity contribution in [2.75, 3.05) is 16.8 Å². The molecule has 4 nitrogen and oxygen atoms in total. The zero-order chi connectivity index (χ0) is 23.3. The third-order valence-corrected chi connectivity index (χ3v) is 7.31. The smallest absolute Gasteiger partial charge is 0.174 e. The summed E-state index contributed by atoms with van der Waals surface area (Å²) in [5.74, 6) is 0. The SMILES string of the molecule is CC1=CC(C)(C)N(C)c2ccc([C@@H]3[C@@H](c4ccccn4)NC(=S)N3c3ccc(C)cc3)cc21. The zero-order valence-electron chi connectivity index (χ0n) is 19.8. The number of aryl methyl sites for hydroxylation is 1. The van der Waals surface area contributed by atoms with E-state index in [2.05, 4.69) is 109 Å². The Kier molecular flexibility index (Phi) is 5.25. The molecule has 1 aromatic heterocycles. The van der Waals surface area contributed by atoms with Gasteiger partial charge < -0.3 is 15.1 Å². The number of aromatic nitrogens is 1. The van der Waals surface area contributed by atoms with Crippen LogP contribution >= 0.6 is 12.2 Å². The first-order chi connectivity index (χ1) is 15.8. The van der Waals surface area contributed by atoms with Gasteiger partial charge in [-0.25, -0.2) is 0 Å². The van der Waals surface area contributed by atoms with Crippen molar-refractivity contribution in [3.8, 4) is 0 Å². The fourth-order valence-corrected chi connectivity index (χ4v) is 5.38. The number of thiocarbonyl (C=S) groups is 1. The van der Waals surface area contributed by atoms with Crippen LogP contribution in [0.25, 0.3) is 5.57 Å². The van der Waals surface area contributed by atoms with E-state index in [4.69, 9.17) is 12.2 Å². The number of benzene rings is 2. The predicted molar refractivity (Wildman–Crippen MR) is 142 cm³/mol. The molecule has 2 aromatic carbocycles. The summed E-state index contributed by atoms with van der Waals surface area (Å²) in [6.45, 7) is 8.82. The molecule has 3 aromatic rings. The molecule has 5 rings (SSSR count). The number of allylic oxidation sites excluding steroid dienone is 1. The molecule has 2 aliphatic rings. The van der Waals surface area contributed by atoms with E-state index < -0.39 is 0 Å². The van der Waals surface area contributed by atoms with Crippen molar-refractivity contribution < 1.29 is 0 Å². The van der Waals surface area contributed by atoms with Gasteiger partial charge in [-0.2, -0.15) is 0 Å². The minimum atomic E-state index is -0.0416. The van der Waals surface area contributed by atoms with Crippen LogP contribution in [0, 0.1) is 6.92 Å². The highest BCUT2D eigenvalue weighted by molar-refractivity contribution is 7.80. The zero-order valence-corrected chi connectivity index (χ0v) is 20.6. The lowest BCUT2D eigenvalue weighted by Gasteiger charge is -2.41. The van der Waals surface area contributed by atoms with Gasteiger partial charge in [0.2, 0.25) is 0 Å². The number of anilines is 2. The third kappa shape index (κ3) is 3.70. The van der Waals surface area contributed by atoms with E-state index >= 15 is 0 Å².